The van der Waals surface area contributed by atoms with Gasteiger partial charge in [0.15, 0.2) is 0 Å². The summed E-state index contributed by atoms with van der Waals surface area (Å²) < 4.78 is 22.5. The predicted octanol–water partition coefficient (Wildman–Crippen LogP) is 1.47. The highest BCUT2D eigenvalue weighted by molar-refractivity contribution is 7.89. The maximum Gasteiger partial charge on any atom is 0.239 e. The Morgan fingerprint density at radius 1 is 1.08 bits per heavy atom. The van der Waals surface area contributed by atoms with Gasteiger partial charge in [0.05, 0.1) is 10.9 Å². The number of carbonyl (C=O) groups excluding carboxylic acids is 1. The average Bonchev–Trinajstić information content (AvgIpc) is 2.59. The van der Waals surface area contributed by atoms with E-state index in [0.717, 1.165) is 11.1 Å². The van der Waals surface area contributed by atoms with Gasteiger partial charge in [0.1, 0.15) is 0 Å². The van der Waals surface area contributed by atoms with Crippen molar-refractivity contribution in [2.24, 2.45) is 5.14 Å². The highest BCUT2D eigenvalue weighted by atomic mass is 32.2. The highest BCUT2D eigenvalue weighted by Gasteiger charge is 2.17. The zero-order valence-corrected chi connectivity index (χ0v) is 15.2. The lowest BCUT2D eigenvalue weighted by Gasteiger charge is -2.22. The molecule has 0 spiro atoms. The number of carbonyl (C=O) groups is 1. The van der Waals surface area contributed by atoms with Gasteiger partial charge in [-0.15, -0.1) is 0 Å². The topological polar surface area (TPSA) is 92.5 Å². The molecule has 0 aliphatic rings. The molecule has 0 saturated carbocycles. The first kappa shape index (κ1) is 19.1. The highest BCUT2D eigenvalue weighted by Crippen LogP contribution is 2.09. The van der Waals surface area contributed by atoms with Gasteiger partial charge in [0.25, 0.3) is 0 Å². The van der Waals surface area contributed by atoms with E-state index in [1.165, 1.54) is 12.1 Å². The molecular formula is C18H23N3O3S. The molecular weight excluding hydrogens is 338 g/mol. The maximum atomic E-state index is 12.4. The van der Waals surface area contributed by atoms with Crippen LogP contribution < -0.4 is 10.5 Å². The molecule has 0 radical (unpaired) electrons. The predicted molar refractivity (Wildman–Crippen MR) is 97.0 cm³/mol. The van der Waals surface area contributed by atoms with Crippen LogP contribution in [0.3, 0.4) is 0 Å². The van der Waals surface area contributed by atoms with E-state index in [2.05, 4.69) is 5.32 Å². The summed E-state index contributed by atoms with van der Waals surface area (Å²) in [7, 11) is -1.91. The molecule has 2 aromatic carbocycles. The Morgan fingerprint density at radius 3 is 2.24 bits per heavy atom. The third kappa shape index (κ3) is 5.67. The van der Waals surface area contributed by atoms with Crippen molar-refractivity contribution in [3.63, 3.8) is 0 Å². The van der Waals surface area contributed by atoms with Gasteiger partial charge in [0.2, 0.25) is 15.9 Å². The maximum absolute atomic E-state index is 12.4. The third-order valence-corrected chi connectivity index (χ3v) is 4.80. The largest absolute Gasteiger partial charge is 0.340 e. The number of primary sulfonamides is 1. The Labute approximate surface area is 148 Å². The number of sulfonamides is 1. The molecule has 7 heteroatoms. The Kier molecular flexibility index (Phi) is 6.30. The van der Waals surface area contributed by atoms with Crippen LogP contribution in [-0.4, -0.2) is 32.3 Å². The molecule has 2 aromatic rings. The minimum atomic E-state index is -3.69. The van der Waals surface area contributed by atoms with Crippen LogP contribution in [0.1, 0.15) is 18.1 Å². The summed E-state index contributed by atoms with van der Waals surface area (Å²) in [6.07, 6.45) is 0. The molecule has 0 fully saturated rings. The van der Waals surface area contributed by atoms with Gasteiger partial charge in [-0.2, -0.15) is 0 Å². The van der Waals surface area contributed by atoms with Crippen molar-refractivity contribution >= 4 is 15.9 Å². The molecule has 0 aromatic heterocycles. The van der Waals surface area contributed by atoms with Crippen molar-refractivity contribution < 1.29 is 13.2 Å². The Bertz CT molecular complexity index is 805. The van der Waals surface area contributed by atoms with E-state index in [4.69, 9.17) is 5.14 Å². The molecule has 25 heavy (non-hydrogen) atoms. The molecule has 0 unspecified atom stereocenters. The molecule has 0 bridgehead atoms. The minimum absolute atomic E-state index is 0.00925. The first-order valence-electron chi connectivity index (χ1n) is 7.91. The number of hydrogen-bond acceptors (Lipinski definition) is 4. The van der Waals surface area contributed by atoms with Gasteiger partial charge in [-0.25, -0.2) is 13.6 Å². The SMILES string of the molecule is C[C@@H](NCc1ccc(S(N)(=O)=O)cc1)C(=O)N(C)Cc1ccccc1. The number of nitrogens with zero attached hydrogens (tertiary/aromatic N) is 1. The number of benzene rings is 2. The smallest absolute Gasteiger partial charge is 0.239 e. The summed E-state index contributed by atoms with van der Waals surface area (Å²) in [6, 6.07) is 15.7. The lowest BCUT2D eigenvalue weighted by atomic mass is 10.2. The second kappa shape index (κ2) is 8.24. The second-order valence-corrected chi connectivity index (χ2v) is 7.53. The van der Waals surface area contributed by atoms with Crippen LogP contribution in [0.4, 0.5) is 0 Å². The standard InChI is InChI=1S/C18H23N3O3S/c1-14(18(22)21(2)13-16-6-4-3-5-7-16)20-12-15-8-10-17(11-9-15)25(19,23)24/h3-11,14,20H,12-13H2,1-2H3,(H2,19,23,24)/t14-/m1/s1. The van der Waals surface area contributed by atoms with Crippen LogP contribution in [0.2, 0.25) is 0 Å². The van der Waals surface area contributed by atoms with Crippen molar-refractivity contribution in [3.8, 4) is 0 Å². The van der Waals surface area contributed by atoms with Gasteiger partial charge in [-0.05, 0) is 30.2 Å². The number of nitrogens with one attached hydrogen (secondary N) is 1. The van der Waals surface area contributed by atoms with Crippen LogP contribution in [0, 0.1) is 0 Å². The molecule has 6 nitrogen and oxygen atoms in total. The molecule has 3 N–H and O–H groups in total. The quantitative estimate of drug-likeness (QED) is 0.781. The van der Waals surface area contributed by atoms with Crippen LogP contribution in [0.15, 0.2) is 59.5 Å². The summed E-state index contributed by atoms with van der Waals surface area (Å²) >= 11 is 0. The zero-order valence-electron chi connectivity index (χ0n) is 14.3. The Balaban J connectivity index is 1.88. The lowest BCUT2D eigenvalue weighted by Crippen LogP contribution is -2.42. The summed E-state index contributed by atoms with van der Waals surface area (Å²) in [5, 5.41) is 8.22. The molecule has 1 amide bonds. The summed E-state index contributed by atoms with van der Waals surface area (Å²) in [5.74, 6) is -0.00925. The van der Waals surface area contributed by atoms with E-state index in [1.807, 2.05) is 37.3 Å². The number of amides is 1. The second-order valence-electron chi connectivity index (χ2n) is 5.97. The van der Waals surface area contributed by atoms with Crippen molar-refractivity contribution in [2.45, 2.75) is 31.0 Å². The normalized spacial score (nSPS) is 12.6. The first-order valence-corrected chi connectivity index (χ1v) is 9.46. The molecule has 1 atom stereocenters. The van der Waals surface area contributed by atoms with E-state index in [9.17, 15) is 13.2 Å². The molecule has 0 heterocycles. The zero-order chi connectivity index (χ0) is 18.4. The minimum Gasteiger partial charge on any atom is -0.340 e. The fourth-order valence-electron chi connectivity index (χ4n) is 2.42. The molecule has 0 saturated heterocycles. The van der Waals surface area contributed by atoms with Crippen LogP contribution in [0.5, 0.6) is 0 Å². The van der Waals surface area contributed by atoms with Gasteiger partial charge in [-0.1, -0.05) is 42.5 Å². The van der Waals surface area contributed by atoms with Gasteiger partial charge in [-0.3, -0.25) is 4.79 Å². The Hall–Kier alpha value is -2.22. The van der Waals surface area contributed by atoms with E-state index >= 15 is 0 Å². The fourth-order valence-corrected chi connectivity index (χ4v) is 2.94. The summed E-state index contributed by atoms with van der Waals surface area (Å²) in [4.78, 5) is 14.2. The molecule has 134 valence electrons. The summed E-state index contributed by atoms with van der Waals surface area (Å²) in [5.41, 5.74) is 1.95. The monoisotopic (exact) mass is 361 g/mol. The third-order valence-electron chi connectivity index (χ3n) is 3.87. The van der Waals surface area contributed by atoms with Gasteiger partial charge < -0.3 is 10.2 Å². The van der Waals surface area contributed by atoms with Crippen molar-refractivity contribution in [1.82, 2.24) is 10.2 Å². The number of likely N-dealkylation sites (N-methyl/N-ethyl adjacent to an activating group) is 1. The number of hydrogen-bond donors (Lipinski definition) is 2. The van der Waals surface area contributed by atoms with Gasteiger partial charge >= 0.3 is 0 Å². The van der Waals surface area contributed by atoms with E-state index < -0.39 is 10.0 Å². The van der Waals surface area contributed by atoms with E-state index in [1.54, 1.807) is 24.1 Å². The average molecular weight is 361 g/mol. The number of rotatable bonds is 7. The fraction of sp³-hybridized carbons (Fsp3) is 0.278. The van der Waals surface area contributed by atoms with Crippen molar-refractivity contribution in [3.05, 3.63) is 65.7 Å². The molecule has 0 aliphatic carbocycles. The van der Waals surface area contributed by atoms with E-state index in [-0.39, 0.29) is 16.8 Å². The van der Waals surface area contributed by atoms with Crippen LogP contribution >= 0.6 is 0 Å². The van der Waals surface area contributed by atoms with Crippen LogP contribution in [-0.2, 0) is 27.9 Å². The Morgan fingerprint density at radius 2 is 1.68 bits per heavy atom. The molecule has 0 aliphatic heterocycles. The molecule has 2 rings (SSSR count). The first-order chi connectivity index (χ1) is 11.8. The number of nitrogens with two attached hydrogens (primary N) is 1. The van der Waals surface area contributed by atoms with Crippen molar-refractivity contribution in [1.29, 1.82) is 0 Å². The van der Waals surface area contributed by atoms with Crippen LogP contribution in [0.25, 0.3) is 0 Å². The lowest BCUT2D eigenvalue weighted by molar-refractivity contribution is -0.132. The van der Waals surface area contributed by atoms with Gasteiger partial charge in [0, 0.05) is 20.1 Å². The summed E-state index contributed by atoms with van der Waals surface area (Å²) in [6.45, 7) is 2.81. The van der Waals surface area contributed by atoms with E-state index in [0.29, 0.717) is 13.1 Å². The van der Waals surface area contributed by atoms with Crippen molar-refractivity contribution in [2.75, 3.05) is 7.05 Å².